The van der Waals surface area contributed by atoms with Crippen molar-refractivity contribution in [3.05, 3.63) is 35.4 Å². The Morgan fingerprint density at radius 2 is 1.95 bits per heavy atom. The van der Waals surface area contributed by atoms with Gasteiger partial charge in [0.15, 0.2) is 0 Å². The molecular weight excluding hydrogens is 253 g/mol. The van der Waals surface area contributed by atoms with E-state index in [1.54, 1.807) is 6.07 Å². The molecule has 1 aromatic rings. The molecular formula is C14H19F3N2. The van der Waals surface area contributed by atoms with Crippen LogP contribution in [0, 0.1) is 0 Å². The smallest absolute Gasteiger partial charge is 0.329 e. The number of nitrogens with zero attached hydrogens (tertiary/aromatic N) is 1. The predicted molar refractivity (Wildman–Crippen MR) is 68.6 cm³/mol. The number of hydrogen-bond acceptors (Lipinski definition) is 2. The standard InChI is InChI=1S/C14H19F3N2/c1-19(10-5-4-6-10)13(9-18)11-7-2-3-8-12(11)14(15,16)17/h2-3,7-8,10,13H,4-6,9,18H2,1H3. The molecule has 1 aliphatic carbocycles. The average Bonchev–Trinajstić information content (AvgIpc) is 2.27. The number of rotatable bonds is 4. The first-order valence-electron chi connectivity index (χ1n) is 6.53. The zero-order chi connectivity index (χ0) is 14.0. The van der Waals surface area contributed by atoms with Crippen LogP contribution >= 0.6 is 0 Å². The topological polar surface area (TPSA) is 29.3 Å². The molecule has 0 aromatic heterocycles. The summed E-state index contributed by atoms with van der Waals surface area (Å²) in [6, 6.07) is 5.71. The highest BCUT2D eigenvalue weighted by Crippen LogP contribution is 2.37. The van der Waals surface area contributed by atoms with Gasteiger partial charge in [-0.2, -0.15) is 13.2 Å². The third kappa shape index (κ3) is 2.92. The molecule has 0 saturated heterocycles. The van der Waals surface area contributed by atoms with E-state index in [9.17, 15) is 13.2 Å². The Hall–Kier alpha value is -1.07. The lowest BCUT2D eigenvalue weighted by Crippen LogP contribution is -2.42. The Bertz CT molecular complexity index is 427. The van der Waals surface area contributed by atoms with Crippen molar-refractivity contribution < 1.29 is 13.2 Å². The van der Waals surface area contributed by atoms with E-state index in [1.165, 1.54) is 12.1 Å². The van der Waals surface area contributed by atoms with E-state index in [4.69, 9.17) is 5.73 Å². The highest BCUT2D eigenvalue weighted by atomic mass is 19.4. The van der Waals surface area contributed by atoms with Crippen molar-refractivity contribution in [3.8, 4) is 0 Å². The van der Waals surface area contributed by atoms with Crippen LogP contribution in [0.5, 0.6) is 0 Å². The Labute approximate surface area is 111 Å². The Morgan fingerprint density at radius 1 is 1.32 bits per heavy atom. The summed E-state index contributed by atoms with van der Waals surface area (Å²) in [5, 5.41) is 0. The maximum absolute atomic E-state index is 13.0. The van der Waals surface area contributed by atoms with E-state index in [2.05, 4.69) is 0 Å². The molecule has 2 nitrogen and oxygen atoms in total. The molecule has 1 aromatic carbocycles. The molecule has 0 spiro atoms. The average molecular weight is 272 g/mol. The lowest BCUT2D eigenvalue weighted by molar-refractivity contribution is -0.138. The molecule has 106 valence electrons. The molecule has 0 heterocycles. The first-order chi connectivity index (χ1) is 8.95. The van der Waals surface area contributed by atoms with Crippen molar-refractivity contribution in [2.45, 2.75) is 37.5 Å². The summed E-state index contributed by atoms with van der Waals surface area (Å²) in [4.78, 5) is 1.99. The summed E-state index contributed by atoms with van der Waals surface area (Å²) in [6.07, 6.45) is -1.10. The van der Waals surface area contributed by atoms with Gasteiger partial charge in [-0.1, -0.05) is 24.6 Å². The van der Waals surface area contributed by atoms with Crippen LogP contribution < -0.4 is 5.73 Å². The first-order valence-corrected chi connectivity index (χ1v) is 6.53. The van der Waals surface area contributed by atoms with Gasteiger partial charge in [-0.15, -0.1) is 0 Å². The quantitative estimate of drug-likeness (QED) is 0.912. The van der Waals surface area contributed by atoms with E-state index >= 15 is 0 Å². The largest absolute Gasteiger partial charge is 0.416 e. The summed E-state index contributed by atoms with van der Waals surface area (Å²) in [7, 11) is 1.87. The predicted octanol–water partition coefficient (Wildman–Crippen LogP) is 3.19. The normalized spacial score (nSPS) is 18.4. The van der Waals surface area contributed by atoms with E-state index in [-0.39, 0.29) is 18.2 Å². The summed E-state index contributed by atoms with van der Waals surface area (Å²) >= 11 is 0. The van der Waals surface area contributed by atoms with Crippen molar-refractivity contribution >= 4 is 0 Å². The summed E-state index contributed by atoms with van der Waals surface area (Å²) in [6.45, 7) is 0.195. The van der Waals surface area contributed by atoms with Gasteiger partial charge in [0, 0.05) is 18.6 Å². The molecule has 5 heteroatoms. The number of alkyl halides is 3. The minimum absolute atomic E-state index is 0.195. The van der Waals surface area contributed by atoms with E-state index in [0.29, 0.717) is 6.04 Å². The molecule has 1 aliphatic rings. The molecule has 2 rings (SSSR count). The number of halogens is 3. The Kier molecular flexibility index (Phi) is 4.16. The molecule has 0 bridgehead atoms. The molecule has 0 amide bonds. The molecule has 1 fully saturated rings. The van der Waals surface area contributed by atoms with E-state index < -0.39 is 11.7 Å². The van der Waals surface area contributed by atoms with Crippen LogP contribution in [0.2, 0.25) is 0 Å². The fraction of sp³-hybridized carbons (Fsp3) is 0.571. The summed E-state index contributed by atoms with van der Waals surface area (Å²) in [5.74, 6) is 0. The molecule has 1 atom stereocenters. The Balaban J connectivity index is 2.32. The third-order valence-corrected chi connectivity index (χ3v) is 3.99. The zero-order valence-corrected chi connectivity index (χ0v) is 11.0. The molecule has 2 N–H and O–H groups in total. The van der Waals surface area contributed by atoms with Gasteiger partial charge in [0.2, 0.25) is 0 Å². The highest BCUT2D eigenvalue weighted by molar-refractivity contribution is 5.32. The number of benzene rings is 1. The van der Waals surface area contributed by atoms with Crippen LogP contribution in [0.15, 0.2) is 24.3 Å². The van der Waals surface area contributed by atoms with Crippen molar-refractivity contribution in [1.82, 2.24) is 4.90 Å². The fourth-order valence-electron chi connectivity index (χ4n) is 2.61. The SMILES string of the molecule is CN(C1CCC1)C(CN)c1ccccc1C(F)(F)F. The first kappa shape index (κ1) is 14.3. The maximum Gasteiger partial charge on any atom is 0.416 e. The molecule has 19 heavy (non-hydrogen) atoms. The highest BCUT2D eigenvalue weighted by Gasteiger charge is 2.37. The van der Waals surface area contributed by atoms with Crippen LogP contribution in [0.25, 0.3) is 0 Å². The van der Waals surface area contributed by atoms with E-state index in [0.717, 1.165) is 25.3 Å². The second-order valence-electron chi connectivity index (χ2n) is 5.09. The lowest BCUT2D eigenvalue weighted by Gasteiger charge is -2.40. The van der Waals surface area contributed by atoms with Crippen LogP contribution in [0.3, 0.4) is 0 Å². The second kappa shape index (κ2) is 5.51. The summed E-state index contributed by atoms with van der Waals surface area (Å²) in [5.41, 5.74) is 5.44. The van der Waals surface area contributed by atoms with Gasteiger partial charge in [0.05, 0.1) is 5.56 Å². The van der Waals surface area contributed by atoms with Gasteiger partial charge >= 0.3 is 6.18 Å². The van der Waals surface area contributed by atoms with Gasteiger partial charge in [-0.3, -0.25) is 4.90 Å². The van der Waals surface area contributed by atoms with Crippen molar-refractivity contribution in [3.63, 3.8) is 0 Å². The second-order valence-corrected chi connectivity index (χ2v) is 5.09. The maximum atomic E-state index is 13.0. The molecule has 0 radical (unpaired) electrons. The van der Waals surface area contributed by atoms with Gasteiger partial charge in [0.1, 0.15) is 0 Å². The zero-order valence-electron chi connectivity index (χ0n) is 11.0. The van der Waals surface area contributed by atoms with Crippen LogP contribution in [-0.4, -0.2) is 24.5 Å². The van der Waals surface area contributed by atoms with Crippen LogP contribution in [0.4, 0.5) is 13.2 Å². The minimum Gasteiger partial charge on any atom is -0.329 e. The number of hydrogen-bond donors (Lipinski definition) is 1. The van der Waals surface area contributed by atoms with Gasteiger partial charge in [0.25, 0.3) is 0 Å². The summed E-state index contributed by atoms with van der Waals surface area (Å²) < 4.78 is 39.1. The minimum atomic E-state index is -4.33. The monoisotopic (exact) mass is 272 g/mol. The van der Waals surface area contributed by atoms with E-state index in [1.807, 2.05) is 11.9 Å². The van der Waals surface area contributed by atoms with Crippen molar-refractivity contribution in [2.24, 2.45) is 5.73 Å². The van der Waals surface area contributed by atoms with Crippen molar-refractivity contribution in [1.29, 1.82) is 0 Å². The van der Waals surface area contributed by atoms with Gasteiger partial charge in [-0.05, 0) is 31.5 Å². The lowest BCUT2D eigenvalue weighted by atomic mass is 9.89. The number of nitrogens with two attached hydrogens (primary N) is 1. The van der Waals surface area contributed by atoms with Crippen LogP contribution in [0.1, 0.15) is 36.4 Å². The van der Waals surface area contributed by atoms with Gasteiger partial charge in [-0.25, -0.2) is 0 Å². The third-order valence-electron chi connectivity index (χ3n) is 3.99. The molecule has 1 saturated carbocycles. The molecule has 1 unspecified atom stereocenters. The molecule has 0 aliphatic heterocycles. The number of likely N-dealkylation sites (N-methyl/N-ethyl adjacent to an activating group) is 1. The Morgan fingerprint density at radius 3 is 2.42 bits per heavy atom. The fourth-order valence-corrected chi connectivity index (χ4v) is 2.61. The van der Waals surface area contributed by atoms with Crippen molar-refractivity contribution in [2.75, 3.05) is 13.6 Å². The van der Waals surface area contributed by atoms with Crippen LogP contribution in [-0.2, 0) is 6.18 Å². The van der Waals surface area contributed by atoms with Gasteiger partial charge < -0.3 is 5.73 Å².